The molecule has 4 nitrogen and oxygen atoms in total. The van der Waals surface area contributed by atoms with Gasteiger partial charge in [0, 0.05) is 25.7 Å². The van der Waals surface area contributed by atoms with Crippen LogP contribution in [-0.2, 0) is 11.2 Å². The fourth-order valence-corrected chi connectivity index (χ4v) is 2.56. The van der Waals surface area contributed by atoms with Crippen LogP contribution < -0.4 is 0 Å². The van der Waals surface area contributed by atoms with Crippen molar-refractivity contribution < 1.29 is 13.9 Å². The number of nitrogens with zero attached hydrogens (tertiary/aromatic N) is 2. The van der Waals surface area contributed by atoms with Crippen LogP contribution >= 0.6 is 0 Å². The molecule has 22 heavy (non-hydrogen) atoms. The van der Waals surface area contributed by atoms with E-state index < -0.39 is 0 Å². The van der Waals surface area contributed by atoms with Crippen molar-refractivity contribution in [3.63, 3.8) is 0 Å². The number of carbonyl (C=O) groups is 1. The number of carbonyl (C=O) groups excluding carboxylic acids is 1. The fraction of sp³-hybridized carbons (Fsp3) is 0.294. The Morgan fingerprint density at radius 1 is 1.27 bits per heavy atom. The second-order valence-electron chi connectivity index (χ2n) is 5.29. The summed E-state index contributed by atoms with van der Waals surface area (Å²) in [4.78, 5) is 18.3. The van der Waals surface area contributed by atoms with Gasteiger partial charge >= 0.3 is 0 Å². The molecule has 0 radical (unpaired) electrons. The molecule has 1 aromatic heterocycles. The van der Waals surface area contributed by atoms with Gasteiger partial charge in [-0.15, -0.1) is 0 Å². The third kappa shape index (κ3) is 3.49. The van der Waals surface area contributed by atoms with Crippen molar-refractivity contribution in [2.45, 2.75) is 12.5 Å². The van der Waals surface area contributed by atoms with Gasteiger partial charge in [0.2, 0.25) is 0 Å². The second-order valence-corrected chi connectivity index (χ2v) is 5.29. The Kier molecular flexibility index (Phi) is 4.44. The Balaban J connectivity index is 1.64. The van der Waals surface area contributed by atoms with Crippen LogP contribution in [0.4, 0.5) is 4.39 Å². The van der Waals surface area contributed by atoms with E-state index >= 15 is 0 Å². The molecule has 1 aliphatic rings. The van der Waals surface area contributed by atoms with Gasteiger partial charge in [0.25, 0.3) is 5.91 Å². The number of benzene rings is 1. The first-order chi connectivity index (χ1) is 10.7. The Bertz CT molecular complexity index is 631. The molecule has 114 valence electrons. The number of aromatic nitrogens is 1. The third-order valence-corrected chi connectivity index (χ3v) is 3.69. The van der Waals surface area contributed by atoms with Crippen LogP contribution in [-0.4, -0.2) is 41.6 Å². The number of hydrogen-bond donors (Lipinski definition) is 0. The average Bonchev–Trinajstić information content (AvgIpc) is 2.57. The Hall–Kier alpha value is -2.27. The van der Waals surface area contributed by atoms with Crippen LogP contribution in [0.3, 0.4) is 0 Å². The summed E-state index contributed by atoms with van der Waals surface area (Å²) in [6.45, 7) is 1.59. The molecule has 1 atom stereocenters. The van der Waals surface area contributed by atoms with Gasteiger partial charge < -0.3 is 9.64 Å². The lowest BCUT2D eigenvalue weighted by Crippen LogP contribution is -2.46. The van der Waals surface area contributed by atoms with Crippen LogP contribution in [0.15, 0.2) is 48.7 Å². The van der Waals surface area contributed by atoms with Crippen LogP contribution in [0.2, 0.25) is 0 Å². The molecule has 1 amide bonds. The van der Waals surface area contributed by atoms with Crippen molar-refractivity contribution in [1.82, 2.24) is 9.88 Å². The first-order valence-corrected chi connectivity index (χ1v) is 7.29. The number of morpholine rings is 1. The Morgan fingerprint density at radius 2 is 2.09 bits per heavy atom. The molecule has 0 bridgehead atoms. The second kappa shape index (κ2) is 6.66. The topological polar surface area (TPSA) is 42.4 Å². The molecule has 1 aromatic carbocycles. The van der Waals surface area contributed by atoms with E-state index in [4.69, 9.17) is 4.74 Å². The van der Waals surface area contributed by atoms with Gasteiger partial charge in [-0.2, -0.15) is 0 Å². The van der Waals surface area contributed by atoms with Gasteiger partial charge in [-0.3, -0.25) is 9.78 Å². The van der Waals surface area contributed by atoms with Gasteiger partial charge in [0.15, 0.2) is 0 Å². The number of halogens is 1. The summed E-state index contributed by atoms with van der Waals surface area (Å²) in [5.74, 6) is -0.326. The molecule has 1 saturated heterocycles. The smallest absolute Gasteiger partial charge is 0.272 e. The zero-order chi connectivity index (χ0) is 15.4. The highest BCUT2D eigenvalue weighted by Gasteiger charge is 2.25. The first-order valence-electron chi connectivity index (χ1n) is 7.29. The summed E-state index contributed by atoms with van der Waals surface area (Å²) in [5.41, 5.74) is 1.45. The number of ether oxygens (including phenoxy) is 1. The van der Waals surface area contributed by atoms with Gasteiger partial charge in [0.05, 0.1) is 12.7 Å². The maximum Gasteiger partial charge on any atom is 0.272 e. The summed E-state index contributed by atoms with van der Waals surface area (Å²) < 4.78 is 18.7. The van der Waals surface area contributed by atoms with Crippen molar-refractivity contribution in [3.05, 3.63) is 65.7 Å². The molecule has 1 aliphatic heterocycles. The van der Waals surface area contributed by atoms with E-state index in [2.05, 4.69) is 4.98 Å². The molecule has 5 heteroatoms. The summed E-state index contributed by atoms with van der Waals surface area (Å²) in [6, 6.07) is 11.7. The van der Waals surface area contributed by atoms with E-state index in [0.29, 0.717) is 31.8 Å². The highest BCUT2D eigenvalue weighted by atomic mass is 19.1. The van der Waals surface area contributed by atoms with Gasteiger partial charge in [-0.05, 0) is 29.8 Å². The van der Waals surface area contributed by atoms with E-state index in [1.807, 2.05) is 0 Å². The number of amides is 1. The van der Waals surface area contributed by atoms with E-state index in [-0.39, 0.29) is 17.8 Å². The first kappa shape index (κ1) is 14.7. The van der Waals surface area contributed by atoms with Crippen molar-refractivity contribution in [1.29, 1.82) is 0 Å². The summed E-state index contributed by atoms with van der Waals surface area (Å²) in [7, 11) is 0. The summed E-state index contributed by atoms with van der Waals surface area (Å²) >= 11 is 0. The van der Waals surface area contributed by atoms with E-state index in [0.717, 1.165) is 5.56 Å². The van der Waals surface area contributed by atoms with Crippen molar-refractivity contribution >= 4 is 5.91 Å². The van der Waals surface area contributed by atoms with Crippen LogP contribution in [0.5, 0.6) is 0 Å². The van der Waals surface area contributed by atoms with Crippen molar-refractivity contribution in [2.75, 3.05) is 19.7 Å². The van der Waals surface area contributed by atoms with Crippen LogP contribution in [0, 0.1) is 5.82 Å². The maximum absolute atomic E-state index is 12.9. The number of hydrogen-bond acceptors (Lipinski definition) is 3. The van der Waals surface area contributed by atoms with E-state index in [1.54, 1.807) is 41.4 Å². The fourth-order valence-electron chi connectivity index (χ4n) is 2.56. The predicted molar refractivity (Wildman–Crippen MR) is 80.0 cm³/mol. The lowest BCUT2D eigenvalue weighted by atomic mass is 10.1. The zero-order valence-corrected chi connectivity index (χ0v) is 12.1. The van der Waals surface area contributed by atoms with Crippen molar-refractivity contribution in [2.24, 2.45) is 0 Å². The molecular weight excluding hydrogens is 283 g/mol. The number of rotatable bonds is 3. The molecule has 2 heterocycles. The van der Waals surface area contributed by atoms with Gasteiger partial charge in [-0.1, -0.05) is 18.2 Å². The largest absolute Gasteiger partial charge is 0.374 e. The molecule has 2 aromatic rings. The van der Waals surface area contributed by atoms with Crippen LogP contribution in [0.25, 0.3) is 0 Å². The molecule has 0 N–H and O–H groups in total. The number of pyridine rings is 1. The van der Waals surface area contributed by atoms with Crippen LogP contribution in [0.1, 0.15) is 16.1 Å². The Labute approximate surface area is 128 Å². The Morgan fingerprint density at radius 3 is 2.82 bits per heavy atom. The van der Waals surface area contributed by atoms with E-state index in [9.17, 15) is 9.18 Å². The zero-order valence-electron chi connectivity index (χ0n) is 12.1. The molecular formula is C17H17FN2O2. The highest BCUT2D eigenvalue weighted by Crippen LogP contribution is 2.14. The maximum atomic E-state index is 12.9. The lowest BCUT2D eigenvalue weighted by molar-refractivity contribution is -0.0210. The minimum atomic E-state index is -0.250. The van der Waals surface area contributed by atoms with E-state index in [1.165, 1.54) is 12.1 Å². The molecule has 1 unspecified atom stereocenters. The lowest BCUT2D eigenvalue weighted by Gasteiger charge is -2.32. The molecule has 3 rings (SSSR count). The summed E-state index contributed by atoms with van der Waals surface area (Å²) in [5, 5.41) is 0. The third-order valence-electron chi connectivity index (χ3n) is 3.69. The molecule has 0 aliphatic carbocycles. The molecule has 0 saturated carbocycles. The standard InChI is InChI=1S/C17H17FN2O2/c18-14-6-4-13(5-7-14)11-15-12-20(9-10-22-15)17(21)16-3-1-2-8-19-16/h1-8,15H,9-12H2. The molecule has 0 spiro atoms. The van der Waals surface area contributed by atoms with Gasteiger partial charge in [-0.25, -0.2) is 4.39 Å². The monoisotopic (exact) mass is 300 g/mol. The quantitative estimate of drug-likeness (QED) is 0.873. The predicted octanol–water partition coefficient (Wildman–Crippen LogP) is 2.30. The van der Waals surface area contributed by atoms with Crippen molar-refractivity contribution in [3.8, 4) is 0 Å². The molecule has 1 fully saturated rings. The SMILES string of the molecule is O=C(c1ccccn1)N1CCOC(Cc2ccc(F)cc2)C1. The average molecular weight is 300 g/mol. The normalized spacial score (nSPS) is 18.2. The minimum Gasteiger partial charge on any atom is -0.374 e. The van der Waals surface area contributed by atoms with Gasteiger partial charge in [0.1, 0.15) is 11.5 Å². The minimum absolute atomic E-state index is 0.0759. The highest BCUT2D eigenvalue weighted by molar-refractivity contribution is 5.92. The summed E-state index contributed by atoms with van der Waals surface area (Å²) in [6.07, 6.45) is 2.20.